The third-order valence-electron chi connectivity index (χ3n) is 11.0. The first-order chi connectivity index (χ1) is 26.8. The molecule has 1 aliphatic carbocycles. The van der Waals surface area contributed by atoms with E-state index in [1.807, 2.05) is 13.8 Å². The Balaban J connectivity index is 0.000000105. The van der Waals surface area contributed by atoms with Crippen molar-refractivity contribution in [1.29, 1.82) is 0 Å². The molecule has 0 amide bonds. The van der Waals surface area contributed by atoms with E-state index < -0.39 is 0 Å². The maximum Gasteiger partial charge on any atom is -0.00268 e. The lowest BCUT2D eigenvalue weighted by Crippen LogP contribution is -2.03. The van der Waals surface area contributed by atoms with Gasteiger partial charge in [-0.25, -0.2) is 0 Å². The molecule has 0 N–H and O–H groups in total. The van der Waals surface area contributed by atoms with Gasteiger partial charge >= 0.3 is 0 Å². The Bertz CT molecular complexity index is 2720. The number of aryl methyl sites for hydroxylation is 2. The second-order valence-corrected chi connectivity index (χ2v) is 13.9. The Morgan fingerprint density at radius 1 is 0.259 bits per heavy atom. The van der Waals surface area contributed by atoms with Gasteiger partial charge in [0.15, 0.2) is 0 Å². The molecule has 0 heteroatoms. The van der Waals surface area contributed by atoms with Gasteiger partial charge in [-0.15, -0.1) is 0 Å². The Hall–Kier alpha value is -6.50. The lowest BCUT2D eigenvalue weighted by molar-refractivity contribution is 0.944. The number of hydrogen-bond donors (Lipinski definition) is 0. The van der Waals surface area contributed by atoms with E-state index in [1.165, 1.54) is 104 Å². The van der Waals surface area contributed by atoms with Crippen LogP contribution >= 0.6 is 0 Å². The van der Waals surface area contributed by atoms with Crippen molar-refractivity contribution in [2.24, 2.45) is 0 Å². The lowest BCUT2D eigenvalue weighted by atomic mass is 9.84. The van der Waals surface area contributed by atoms with E-state index >= 15 is 0 Å². The molecule has 11 aromatic carbocycles. The Kier molecular flexibility index (Phi) is 8.95. The zero-order chi connectivity index (χ0) is 36.4. The van der Waals surface area contributed by atoms with Crippen molar-refractivity contribution in [2.75, 3.05) is 0 Å². The van der Waals surface area contributed by atoms with Crippen LogP contribution in [0.1, 0.15) is 25.0 Å². The molecule has 0 saturated heterocycles. The predicted octanol–water partition coefficient (Wildman–Crippen LogP) is 15.4. The van der Waals surface area contributed by atoms with Gasteiger partial charge in [0.2, 0.25) is 0 Å². The average molecular weight is 691 g/mol. The Morgan fingerprint density at radius 3 is 1.04 bits per heavy atom. The van der Waals surface area contributed by atoms with Gasteiger partial charge in [-0.05, 0) is 117 Å². The summed E-state index contributed by atoms with van der Waals surface area (Å²) in [6.45, 7) is 4.00. The molecule has 0 unspecified atom stereocenters. The van der Waals surface area contributed by atoms with Crippen LogP contribution in [0.3, 0.4) is 0 Å². The van der Waals surface area contributed by atoms with Crippen LogP contribution in [0.15, 0.2) is 194 Å². The topological polar surface area (TPSA) is 0 Å². The number of benzene rings is 11. The SMILES string of the molecule is CC.c1cc2ccc3cccc4ccc(c1)c2c34.c1ccc2c(c1)CCc1cc3ccccc3cc1-2.c1ccc2c(c1)c1ccccc1c1ccccc21. The van der Waals surface area contributed by atoms with Crippen LogP contribution in [0.5, 0.6) is 0 Å². The summed E-state index contributed by atoms with van der Waals surface area (Å²) >= 11 is 0. The molecule has 0 spiro atoms. The van der Waals surface area contributed by atoms with Crippen molar-refractivity contribution in [2.45, 2.75) is 26.7 Å². The van der Waals surface area contributed by atoms with Crippen molar-refractivity contribution < 1.29 is 0 Å². The summed E-state index contributed by atoms with van der Waals surface area (Å²) in [6.07, 6.45) is 2.33. The van der Waals surface area contributed by atoms with Gasteiger partial charge in [-0.2, -0.15) is 0 Å². The highest BCUT2D eigenvalue weighted by Crippen LogP contribution is 2.37. The highest BCUT2D eigenvalue weighted by Gasteiger charge is 2.16. The highest BCUT2D eigenvalue weighted by molar-refractivity contribution is 6.25. The summed E-state index contributed by atoms with van der Waals surface area (Å²) < 4.78 is 0. The molecule has 0 atom stereocenters. The quantitative estimate of drug-likeness (QED) is 0.139. The molecule has 258 valence electrons. The molecule has 0 aliphatic heterocycles. The Labute approximate surface area is 317 Å². The molecule has 1 aliphatic rings. The number of rotatable bonds is 0. The van der Waals surface area contributed by atoms with Crippen LogP contribution in [0, 0.1) is 0 Å². The van der Waals surface area contributed by atoms with Crippen molar-refractivity contribution >= 4 is 75.4 Å². The van der Waals surface area contributed by atoms with Gasteiger partial charge < -0.3 is 0 Å². The van der Waals surface area contributed by atoms with Gasteiger partial charge in [-0.3, -0.25) is 0 Å². The van der Waals surface area contributed by atoms with Crippen LogP contribution in [0.25, 0.3) is 86.5 Å². The van der Waals surface area contributed by atoms with E-state index in [0.29, 0.717) is 0 Å². The fourth-order valence-electron chi connectivity index (χ4n) is 8.54. The highest BCUT2D eigenvalue weighted by atomic mass is 14.2. The third-order valence-corrected chi connectivity index (χ3v) is 11.0. The molecule has 54 heavy (non-hydrogen) atoms. The smallest absolute Gasteiger partial charge is 0.00268 e. The van der Waals surface area contributed by atoms with E-state index in [0.717, 1.165) is 6.42 Å². The molecular weight excluding hydrogens is 649 g/mol. The fourth-order valence-corrected chi connectivity index (χ4v) is 8.54. The van der Waals surface area contributed by atoms with Crippen LogP contribution in [0.2, 0.25) is 0 Å². The first-order valence-corrected chi connectivity index (χ1v) is 19.3. The van der Waals surface area contributed by atoms with Crippen LogP contribution in [0.4, 0.5) is 0 Å². The van der Waals surface area contributed by atoms with Crippen LogP contribution < -0.4 is 0 Å². The molecule has 0 heterocycles. The largest absolute Gasteiger partial charge is 0.0683 e. The molecule has 11 aromatic rings. The summed E-state index contributed by atoms with van der Waals surface area (Å²) in [6, 6.07) is 70.0. The van der Waals surface area contributed by atoms with Crippen molar-refractivity contribution in [3.05, 3.63) is 205 Å². The van der Waals surface area contributed by atoms with Crippen molar-refractivity contribution in [3.8, 4) is 11.1 Å². The molecule has 12 rings (SSSR count). The summed E-state index contributed by atoms with van der Waals surface area (Å²) in [7, 11) is 0. The van der Waals surface area contributed by atoms with Gasteiger partial charge in [0.05, 0.1) is 0 Å². The zero-order valence-electron chi connectivity index (χ0n) is 30.9. The van der Waals surface area contributed by atoms with Gasteiger partial charge in [0.25, 0.3) is 0 Å². The second-order valence-electron chi connectivity index (χ2n) is 13.9. The van der Waals surface area contributed by atoms with E-state index in [9.17, 15) is 0 Å². The molecule has 0 aromatic heterocycles. The maximum absolute atomic E-state index is 2.36. The molecule has 0 radical (unpaired) electrons. The van der Waals surface area contributed by atoms with E-state index in [1.54, 1.807) is 0 Å². The van der Waals surface area contributed by atoms with E-state index in [-0.39, 0.29) is 0 Å². The van der Waals surface area contributed by atoms with E-state index in [4.69, 9.17) is 0 Å². The fraction of sp³-hybridized carbons (Fsp3) is 0.0741. The minimum Gasteiger partial charge on any atom is -0.0683 e. The summed E-state index contributed by atoms with van der Waals surface area (Å²) in [5.74, 6) is 0. The van der Waals surface area contributed by atoms with Crippen molar-refractivity contribution in [1.82, 2.24) is 0 Å². The molecule has 0 saturated carbocycles. The van der Waals surface area contributed by atoms with Gasteiger partial charge in [0.1, 0.15) is 0 Å². The summed E-state index contributed by atoms with van der Waals surface area (Å²) in [5, 5.41) is 18.9. The van der Waals surface area contributed by atoms with Crippen LogP contribution in [-0.4, -0.2) is 0 Å². The Morgan fingerprint density at radius 2 is 0.593 bits per heavy atom. The zero-order valence-corrected chi connectivity index (χ0v) is 30.9. The molecule has 0 fully saturated rings. The summed E-state index contributed by atoms with van der Waals surface area (Å²) in [5.41, 5.74) is 5.83. The third kappa shape index (κ3) is 5.91. The molecule has 0 bridgehead atoms. The average Bonchev–Trinajstić information content (AvgIpc) is 3.26. The predicted molar refractivity (Wildman–Crippen MR) is 237 cm³/mol. The standard InChI is InChI=1S/C18H12.C18H14.C16H10.C2H6/c1-2-8-14-13(7-1)15-9-3-4-11-17(15)18-12-6-5-10-16(14)18;1-2-7-15-12-18-16(11-14(15)6-1)10-9-13-5-3-4-8-17(13)18;1-3-11-7-9-13-5-2-6-14-10-8-12(4-1)15(11)16(13)14;1-2/h1-12H;1-8,11-12H,9-10H2;1-10H;1-2H3. The van der Waals surface area contributed by atoms with E-state index in [2.05, 4.69) is 194 Å². The van der Waals surface area contributed by atoms with Crippen LogP contribution in [-0.2, 0) is 12.8 Å². The normalized spacial score (nSPS) is 11.7. The minimum absolute atomic E-state index is 1.16. The first kappa shape index (κ1) is 33.3. The monoisotopic (exact) mass is 690 g/mol. The van der Waals surface area contributed by atoms with Gasteiger partial charge in [-0.1, -0.05) is 202 Å². The number of fused-ring (bicyclic) bond motifs is 10. The first-order valence-electron chi connectivity index (χ1n) is 19.3. The minimum atomic E-state index is 1.16. The van der Waals surface area contributed by atoms with Crippen molar-refractivity contribution in [3.63, 3.8) is 0 Å². The summed E-state index contributed by atoms with van der Waals surface area (Å²) in [4.78, 5) is 0. The lowest BCUT2D eigenvalue weighted by Gasteiger charge is -2.20. The second kappa shape index (κ2) is 14.5. The number of hydrogen-bond acceptors (Lipinski definition) is 0. The maximum atomic E-state index is 2.36. The van der Waals surface area contributed by atoms with Gasteiger partial charge in [0, 0.05) is 0 Å². The molecular formula is C54H42. The molecule has 0 nitrogen and oxygen atoms in total.